The molecule has 0 radical (unpaired) electrons. The molecule has 0 amide bonds. The zero-order valence-electron chi connectivity index (χ0n) is 10.8. The van der Waals surface area contributed by atoms with Gasteiger partial charge in [0.15, 0.2) is 0 Å². The molecule has 0 spiro atoms. The van der Waals surface area contributed by atoms with Gasteiger partial charge in [-0.05, 0) is 24.1 Å². The molecule has 0 fully saturated rings. The van der Waals surface area contributed by atoms with Gasteiger partial charge in [-0.3, -0.25) is 0 Å². The number of nitrogens with two attached hydrogens (primary N) is 1. The smallest absolute Gasteiger partial charge is 0.101 e. The number of hydrogen-bond donors (Lipinski definition) is 1. The monoisotopic (exact) mass is 242 g/mol. The van der Waals surface area contributed by atoms with E-state index in [0.717, 1.165) is 12.2 Å². The molecule has 2 N–H and O–H groups in total. The van der Waals surface area contributed by atoms with Crippen LogP contribution in [0.4, 0.5) is 11.4 Å². The second kappa shape index (κ2) is 6.51. The topological polar surface area (TPSA) is 76.8 Å². The number of benzene rings is 1. The molecule has 0 aliphatic heterocycles. The Morgan fingerprint density at radius 3 is 2.61 bits per heavy atom. The van der Waals surface area contributed by atoms with Crippen LogP contribution in [0, 0.1) is 28.6 Å². The van der Waals surface area contributed by atoms with E-state index in [0.29, 0.717) is 30.1 Å². The first-order valence-electron chi connectivity index (χ1n) is 6.00. The Balaban J connectivity index is 3.04. The van der Waals surface area contributed by atoms with Gasteiger partial charge >= 0.3 is 0 Å². The van der Waals surface area contributed by atoms with Crippen molar-refractivity contribution in [3.05, 3.63) is 23.8 Å². The summed E-state index contributed by atoms with van der Waals surface area (Å²) in [4.78, 5) is 2.08. The van der Waals surface area contributed by atoms with Gasteiger partial charge < -0.3 is 10.6 Å². The van der Waals surface area contributed by atoms with Crippen molar-refractivity contribution >= 4 is 11.4 Å². The molecule has 1 aromatic carbocycles. The highest BCUT2D eigenvalue weighted by molar-refractivity contribution is 5.64. The molecular weight excluding hydrogens is 224 g/mol. The van der Waals surface area contributed by atoms with Crippen molar-refractivity contribution in [2.45, 2.75) is 20.3 Å². The summed E-state index contributed by atoms with van der Waals surface area (Å²) in [5, 5.41) is 17.9. The van der Waals surface area contributed by atoms with Crippen molar-refractivity contribution in [2.24, 2.45) is 5.92 Å². The molecule has 0 saturated carbocycles. The Morgan fingerprint density at radius 2 is 2.06 bits per heavy atom. The number of rotatable bonds is 5. The molecule has 4 heteroatoms. The summed E-state index contributed by atoms with van der Waals surface area (Å²) in [5.74, 6) is 0.466. The van der Waals surface area contributed by atoms with Crippen LogP contribution in [0.25, 0.3) is 0 Å². The van der Waals surface area contributed by atoms with Gasteiger partial charge in [0.25, 0.3) is 0 Å². The minimum atomic E-state index is 0.446. The van der Waals surface area contributed by atoms with E-state index >= 15 is 0 Å². The zero-order valence-corrected chi connectivity index (χ0v) is 10.8. The van der Waals surface area contributed by atoms with Crippen molar-refractivity contribution in [1.29, 1.82) is 10.5 Å². The molecule has 18 heavy (non-hydrogen) atoms. The summed E-state index contributed by atoms with van der Waals surface area (Å²) in [6.07, 6.45) is 0.446. The fraction of sp³-hybridized carbons (Fsp3) is 0.429. The molecule has 0 unspecified atom stereocenters. The minimum Gasteiger partial charge on any atom is -0.399 e. The first kappa shape index (κ1) is 13.9. The maximum absolute atomic E-state index is 9.15. The van der Waals surface area contributed by atoms with Crippen LogP contribution in [0.2, 0.25) is 0 Å². The molecule has 0 aliphatic rings. The summed E-state index contributed by atoms with van der Waals surface area (Å²) in [7, 11) is 0. The average molecular weight is 242 g/mol. The van der Waals surface area contributed by atoms with Gasteiger partial charge in [0.2, 0.25) is 0 Å². The summed E-state index contributed by atoms with van der Waals surface area (Å²) in [5.41, 5.74) is 7.69. The predicted molar refractivity (Wildman–Crippen MR) is 72.9 cm³/mol. The molecular formula is C14H18N4. The average Bonchev–Trinajstić information content (AvgIpc) is 2.34. The maximum atomic E-state index is 9.15. The van der Waals surface area contributed by atoms with E-state index in [1.807, 2.05) is 6.07 Å². The Kier molecular flexibility index (Phi) is 5.02. The fourth-order valence-corrected chi connectivity index (χ4v) is 1.85. The van der Waals surface area contributed by atoms with E-state index in [9.17, 15) is 0 Å². The number of hydrogen-bond acceptors (Lipinski definition) is 4. The van der Waals surface area contributed by atoms with E-state index in [1.54, 1.807) is 12.1 Å². The molecule has 0 aromatic heterocycles. The Labute approximate surface area is 108 Å². The molecule has 0 atom stereocenters. The van der Waals surface area contributed by atoms with Crippen molar-refractivity contribution < 1.29 is 0 Å². The Bertz CT molecular complexity index is 480. The third-order valence-corrected chi connectivity index (χ3v) is 2.56. The summed E-state index contributed by atoms with van der Waals surface area (Å²) < 4.78 is 0. The van der Waals surface area contributed by atoms with Crippen LogP contribution in [0.3, 0.4) is 0 Å². The molecule has 4 nitrogen and oxygen atoms in total. The van der Waals surface area contributed by atoms with Crippen LogP contribution in [-0.4, -0.2) is 13.1 Å². The van der Waals surface area contributed by atoms with E-state index < -0.39 is 0 Å². The lowest BCUT2D eigenvalue weighted by Crippen LogP contribution is -2.29. The van der Waals surface area contributed by atoms with Crippen LogP contribution < -0.4 is 10.6 Å². The van der Waals surface area contributed by atoms with Gasteiger partial charge in [-0.15, -0.1) is 0 Å². The van der Waals surface area contributed by atoms with Crippen LogP contribution in [0.15, 0.2) is 18.2 Å². The summed E-state index contributed by atoms with van der Waals surface area (Å²) >= 11 is 0. The normalized spacial score (nSPS) is 9.83. The fourth-order valence-electron chi connectivity index (χ4n) is 1.85. The molecule has 94 valence electrons. The van der Waals surface area contributed by atoms with E-state index in [1.165, 1.54) is 0 Å². The SMILES string of the molecule is CC(C)CN(CCC#N)c1ccc(N)cc1C#N. The first-order valence-corrected chi connectivity index (χ1v) is 6.00. The highest BCUT2D eigenvalue weighted by Crippen LogP contribution is 2.23. The molecule has 0 saturated heterocycles. The van der Waals surface area contributed by atoms with Gasteiger partial charge in [-0.1, -0.05) is 13.8 Å². The largest absolute Gasteiger partial charge is 0.399 e. The van der Waals surface area contributed by atoms with Crippen molar-refractivity contribution in [2.75, 3.05) is 23.7 Å². The number of nitrogens with zero attached hydrogens (tertiary/aromatic N) is 3. The van der Waals surface area contributed by atoms with Crippen molar-refractivity contribution in [1.82, 2.24) is 0 Å². The maximum Gasteiger partial charge on any atom is 0.101 e. The van der Waals surface area contributed by atoms with Gasteiger partial charge in [0, 0.05) is 18.8 Å². The third-order valence-electron chi connectivity index (χ3n) is 2.56. The van der Waals surface area contributed by atoms with Crippen molar-refractivity contribution in [3.8, 4) is 12.1 Å². The van der Waals surface area contributed by atoms with Gasteiger partial charge in [-0.25, -0.2) is 0 Å². The quantitative estimate of drug-likeness (QED) is 0.805. The lowest BCUT2D eigenvalue weighted by atomic mass is 10.1. The van der Waals surface area contributed by atoms with Gasteiger partial charge in [0.1, 0.15) is 6.07 Å². The number of nitrogen functional groups attached to an aromatic ring is 1. The minimum absolute atomic E-state index is 0.446. The van der Waals surface area contributed by atoms with Gasteiger partial charge in [0.05, 0.1) is 23.7 Å². The molecule has 0 aliphatic carbocycles. The standard InChI is InChI=1S/C14H18N4/c1-11(2)10-18(7-3-6-15)14-5-4-13(17)8-12(14)9-16/h4-5,8,11H,3,7,10,17H2,1-2H3. The lowest BCUT2D eigenvalue weighted by Gasteiger charge is -2.26. The third kappa shape index (κ3) is 3.68. The molecule has 0 bridgehead atoms. The van der Waals surface area contributed by atoms with E-state index in [2.05, 4.69) is 30.9 Å². The zero-order chi connectivity index (χ0) is 13.5. The molecule has 1 rings (SSSR count). The van der Waals surface area contributed by atoms with Crippen LogP contribution in [0.5, 0.6) is 0 Å². The second-order valence-corrected chi connectivity index (χ2v) is 4.64. The highest BCUT2D eigenvalue weighted by atomic mass is 15.1. The van der Waals surface area contributed by atoms with Crippen molar-refractivity contribution in [3.63, 3.8) is 0 Å². The van der Waals surface area contributed by atoms with Crippen LogP contribution >= 0.6 is 0 Å². The molecule has 1 aromatic rings. The number of nitriles is 2. The Morgan fingerprint density at radius 1 is 1.33 bits per heavy atom. The highest BCUT2D eigenvalue weighted by Gasteiger charge is 2.12. The number of anilines is 2. The van der Waals surface area contributed by atoms with E-state index in [4.69, 9.17) is 16.3 Å². The van der Waals surface area contributed by atoms with E-state index in [-0.39, 0.29) is 0 Å². The summed E-state index contributed by atoms with van der Waals surface area (Å²) in [6.45, 7) is 5.68. The summed E-state index contributed by atoms with van der Waals surface area (Å²) in [6, 6.07) is 9.62. The first-order chi connectivity index (χ1) is 8.58. The van der Waals surface area contributed by atoms with Crippen LogP contribution in [0.1, 0.15) is 25.8 Å². The molecule has 0 heterocycles. The lowest BCUT2D eigenvalue weighted by molar-refractivity contribution is 0.612. The second-order valence-electron chi connectivity index (χ2n) is 4.64. The predicted octanol–water partition coefficient (Wildman–Crippen LogP) is 2.52. The van der Waals surface area contributed by atoms with Gasteiger partial charge in [-0.2, -0.15) is 10.5 Å². The van der Waals surface area contributed by atoms with Crippen LogP contribution in [-0.2, 0) is 0 Å². The Hall–Kier alpha value is -2.20.